The molecule has 1 N–H and O–H groups in total. The summed E-state index contributed by atoms with van der Waals surface area (Å²) in [5.74, 6) is -0.335. The summed E-state index contributed by atoms with van der Waals surface area (Å²) in [6, 6.07) is 3.88. The SMILES string of the molecule is O=S1(=O)C=CC(NCc2ccc(OC(F)(F)F)c(Br)c2)C1. The van der Waals surface area contributed by atoms with Crippen molar-refractivity contribution in [3.05, 3.63) is 39.7 Å². The second-order valence-electron chi connectivity index (χ2n) is 4.46. The summed E-state index contributed by atoms with van der Waals surface area (Å²) in [5.41, 5.74) is 0.703. The van der Waals surface area contributed by atoms with Crippen LogP contribution in [0.3, 0.4) is 0 Å². The molecule has 1 atom stereocenters. The number of benzene rings is 1. The third kappa shape index (κ3) is 5.01. The Hall–Kier alpha value is -1.06. The Bertz CT molecular complexity index is 658. The van der Waals surface area contributed by atoms with E-state index >= 15 is 0 Å². The van der Waals surface area contributed by atoms with Crippen molar-refractivity contribution >= 4 is 25.8 Å². The maximum absolute atomic E-state index is 12.1. The average Bonchev–Trinajstić information content (AvgIpc) is 2.68. The van der Waals surface area contributed by atoms with Gasteiger partial charge in [0.05, 0.1) is 10.2 Å². The molecule has 0 amide bonds. The van der Waals surface area contributed by atoms with Crippen LogP contribution in [0.1, 0.15) is 5.56 Å². The van der Waals surface area contributed by atoms with E-state index < -0.39 is 16.2 Å². The molecule has 1 aliphatic rings. The number of halogens is 4. The van der Waals surface area contributed by atoms with E-state index in [9.17, 15) is 21.6 Å². The molecule has 0 aromatic heterocycles. The molecule has 0 bridgehead atoms. The molecule has 1 aromatic carbocycles. The maximum Gasteiger partial charge on any atom is 0.573 e. The molecule has 1 heterocycles. The maximum atomic E-state index is 12.1. The van der Waals surface area contributed by atoms with Crippen LogP contribution in [0.4, 0.5) is 13.2 Å². The van der Waals surface area contributed by atoms with Gasteiger partial charge in [0.25, 0.3) is 0 Å². The van der Waals surface area contributed by atoms with Crippen LogP contribution in [0, 0.1) is 0 Å². The molecule has 0 aliphatic carbocycles. The minimum atomic E-state index is -4.74. The predicted octanol–water partition coefficient (Wildman–Crippen LogP) is 2.75. The molecule has 21 heavy (non-hydrogen) atoms. The predicted molar refractivity (Wildman–Crippen MR) is 74.4 cm³/mol. The number of hydrogen-bond acceptors (Lipinski definition) is 4. The van der Waals surface area contributed by atoms with Crippen LogP contribution in [-0.4, -0.2) is 26.6 Å². The van der Waals surface area contributed by atoms with E-state index in [2.05, 4.69) is 26.0 Å². The molecular formula is C12H11BrF3NO3S. The van der Waals surface area contributed by atoms with Gasteiger partial charge in [-0.05, 0) is 33.6 Å². The van der Waals surface area contributed by atoms with E-state index in [1.54, 1.807) is 6.08 Å². The Morgan fingerprint density at radius 3 is 2.62 bits per heavy atom. The first-order valence-corrected chi connectivity index (χ1v) is 8.34. The van der Waals surface area contributed by atoms with Gasteiger partial charge in [-0.15, -0.1) is 13.2 Å². The molecule has 0 saturated carbocycles. The molecule has 1 unspecified atom stereocenters. The number of hydrogen-bond donors (Lipinski definition) is 1. The lowest BCUT2D eigenvalue weighted by atomic mass is 10.2. The lowest BCUT2D eigenvalue weighted by Crippen LogP contribution is -2.29. The third-order valence-electron chi connectivity index (χ3n) is 2.72. The first kappa shape index (κ1) is 16.3. The van der Waals surface area contributed by atoms with Crippen molar-refractivity contribution in [3.8, 4) is 5.75 Å². The van der Waals surface area contributed by atoms with Crippen LogP contribution in [0.15, 0.2) is 34.2 Å². The lowest BCUT2D eigenvalue weighted by molar-refractivity contribution is -0.274. The summed E-state index contributed by atoms with van der Waals surface area (Å²) in [6.07, 6.45) is -3.20. The van der Waals surface area contributed by atoms with E-state index in [4.69, 9.17) is 0 Å². The molecule has 1 aromatic rings. The van der Waals surface area contributed by atoms with Crippen molar-refractivity contribution < 1.29 is 26.3 Å². The highest BCUT2D eigenvalue weighted by Crippen LogP contribution is 2.31. The standard InChI is InChI=1S/C12H11BrF3NO3S/c13-10-5-8(1-2-11(10)20-12(14,15)16)6-17-9-3-4-21(18,19)7-9/h1-5,9,17H,6-7H2. The van der Waals surface area contributed by atoms with Gasteiger partial charge in [-0.25, -0.2) is 8.42 Å². The fourth-order valence-corrected chi connectivity index (χ4v) is 3.59. The van der Waals surface area contributed by atoms with Gasteiger partial charge in [0, 0.05) is 18.0 Å². The summed E-state index contributed by atoms with van der Waals surface area (Å²) in [7, 11) is -3.13. The van der Waals surface area contributed by atoms with Gasteiger partial charge in [-0.3, -0.25) is 0 Å². The largest absolute Gasteiger partial charge is 0.573 e. The van der Waals surface area contributed by atoms with Crippen LogP contribution < -0.4 is 10.1 Å². The smallest absolute Gasteiger partial charge is 0.405 e. The van der Waals surface area contributed by atoms with Crippen LogP contribution in [-0.2, 0) is 16.4 Å². The lowest BCUT2D eigenvalue weighted by Gasteiger charge is -2.13. The molecule has 0 fully saturated rings. The van der Waals surface area contributed by atoms with Gasteiger partial charge < -0.3 is 10.1 Å². The van der Waals surface area contributed by atoms with Crippen molar-refractivity contribution in [3.63, 3.8) is 0 Å². The zero-order valence-corrected chi connectivity index (χ0v) is 12.9. The van der Waals surface area contributed by atoms with Crippen molar-refractivity contribution in [2.45, 2.75) is 18.9 Å². The third-order valence-corrected chi connectivity index (χ3v) is 4.74. The molecule has 116 valence electrons. The Morgan fingerprint density at radius 2 is 2.10 bits per heavy atom. The summed E-state index contributed by atoms with van der Waals surface area (Å²) < 4.78 is 62.8. The summed E-state index contributed by atoms with van der Waals surface area (Å²) >= 11 is 3.01. The van der Waals surface area contributed by atoms with Gasteiger partial charge in [-0.1, -0.05) is 12.1 Å². The van der Waals surface area contributed by atoms with Gasteiger partial charge in [-0.2, -0.15) is 0 Å². The minimum Gasteiger partial charge on any atom is -0.405 e. The number of sulfone groups is 1. The molecule has 2 rings (SSSR count). The van der Waals surface area contributed by atoms with Gasteiger partial charge in [0.15, 0.2) is 9.84 Å². The second kappa shape index (κ2) is 5.98. The molecule has 0 radical (unpaired) electrons. The highest BCUT2D eigenvalue weighted by atomic mass is 79.9. The van der Waals surface area contributed by atoms with E-state index in [-0.39, 0.29) is 22.0 Å². The van der Waals surface area contributed by atoms with Crippen LogP contribution in [0.25, 0.3) is 0 Å². The number of rotatable bonds is 4. The minimum absolute atomic E-state index is 0.0105. The summed E-state index contributed by atoms with van der Waals surface area (Å²) in [4.78, 5) is 0. The van der Waals surface area contributed by atoms with Crippen molar-refractivity contribution in [2.24, 2.45) is 0 Å². The fourth-order valence-electron chi connectivity index (χ4n) is 1.81. The zero-order valence-electron chi connectivity index (χ0n) is 10.5. The first-order chi connectivity index (χ1) is 9.65. The number of nitrogens with one attached hydrogen (secondary N) is 1. The molecular weight excluding hydrogens is 375 g/mol. The van der Waals surface area contributed by atoms with E-state index in [0.29, 0.717) is 12.1 Å². The monoisotopic (exact) mass is 385 g/mol. The quantitative estimate of drug-likeness (QED) is 0.865. The van der Waals surface area contributed by atoms with Crippen molar-refractivity contribution in [1.82, 2.24) is 5.32 Å². The van der Waals surface area contributed by atoms with Gasteiger partial charge >= 0.3 is 6.36 Å². The highest BCUT2D eigenvalue weighted by Gasteiger charge is 2.32. The summed E-state index contributed by atoms with van der Waals surface area (Å²) in [6.45, 7) is 0.329. The Morgan fingerprint density at radius 1 is 1.38 bits per heavy atom. The highest BCUT2D eigenvalue weighted by molar-refractivity contribution is 9.10. The normalized spacial score (nSPS) is 20.7. The molecule has 0 saturated heterocycles. The van der Waals surface area contributed by atoms with Crippen molar-refractivity contribution in [1.29, 1.82) is 0 Å². The molecule has 4 nitrogen and oxygen atoms in total. The first-order valence-electron chi connectivity index (χ1n) is 5.83. The Balaban J connectivity index is 1.96. The Labute approximate surface area is 128 Å². The molecule has 9 heteroatoms. The topological polar surface area (TPSA) is 55.4 Å². The van der Waals surface area contributed by atoms with Crippen molar-refractivity contribution in [2.75, 3.05) is 5.75 Å². The number of ether oxygens (including phenoxy) is 1. The van der Waals surface area contributed by atoms with Crippen LogP contribution in [0.5, 0.6) is 5.75 Å². The zero-order chi connectivity index (χ0) is 15.7. The van der Waals surface area contributed by atoms with Crippen LogP contribution >= 0.6 is 15.9 Å². The van der Waals surface area contributed by atoms with Gasteiger partial charge in [0.1, 0.15) is 5.75 Å². The number of alkyl halides is 3. The second-order valence-corrected chi connectivity index (χ2v) is 7.24. The van der Waals surface area contributed by atoms with E-state index in [1.807, 2.05) is 0 Å². The average molecular weight is 386 g/mol. The molecule has 0 spiro atoms. The summed E-state index contributed by atoms with van der Waals surface area (Å²) in [5, 5.41) is 4.15. The fraction of sp³-hybridized carbons (Fsp3) is 0.333. The van der Waals surface area contributed by atoms with E-state index in [1.165, 1.54) is 18.2 Å². The van der Waals surface area contributed by atoms with Crippen LogP contribution in [0.2, 0.25) is 0 Å². The van der Waals surface area contributed by atoms with Gasteiger partial charge in [0.2, 0.25) is 0 Å². The Kier molecular flexibility index (Phi) is 4.64. The molecule has 1 aliphatic heterocycles. The van der Waals surface area contributed by atoms with E-state index in [0.717, 1.165) is 5.41 Å².